The number of fused-ring (bicyclic) bond motifs is 1. The van der Waals surface area contributed by atoms with Gasteiger partial charge in [-0.05, 0) is 131 Å². The molecule has 2 saturated carbocycles. The molecule has 1 atom stereocenters. The van der Waals surface area contributed by atoms with Crippen molar-refractivity contribution in [2.24, 2.45) is 11.3 Å². The average Bonchev–Trinajstić information content (AvgIpc) is 3.95. The van der Waals surface area contributed by atoms with Gasteiger partial charge >= 0.3 is 5.69 Å². The quantitative estimate of drug-likeness (QED) is 0.0654. The van der Waals surface area contributed by atoms with Crippen LogP contribution in [-0.2, 0) is 16.4 Å². The summed E-state index contributed by atoms with van der Waals surface area (Å²) in [4.78, 5) is 41.5. The zero-order valence-corrected chi connectivity index (χ0v) is 36.7. The number of aliphatic hydroxyl groups is 1. The summed E-state index contributed by atoms with van der Waals surface area (Å²) < 4.78 is 35.8. The zero-order chi connectivity index (χ0) is 43.9. The average molecular weight is 877 g/mol. The van der Waals surface area contributed by atoms with Crippen LogP contribution in [0.25, 0.3) is 11.0 Å². The lowest BCUT2D eigenvalue weighted by atomic mass is 9.59. The van der Waals surface area contributed by atoms with Crippen LogP contribution in [0, 0.1) is 21.4 Å². The van der Waals surface area contributed by atoms with Gasteiger partial charge in [0.05, 0.1) is 28.5 Å². The van der Waals surface area contributed by atoms with Gasteiger partial charge in [-0.1, -0.05) is 31.2 Å². The Labute approximate surface area is 367 Å². The van der Waals surface area contributed by atoms with Crippen LogP contribution < -0.4 is 19.7 Å². The smallest absolute Gasteiger partial charge is 0.312 e. The molecule has 0 unspecified atom stereocenters. The van der Waals surface area contributed by atoms with Crippen molar-refractivity contribution in [1.82, 2.24) is 24.6 Å². The molecule has 2 saturated heterocycles. The molecular weight excluding hydrogens is 821 g/mol. The largest absolute Gasteiger partial charge is 0.455 e. The number of carbonyl (C=O) groups excluding carboxylic acids is 1. The van der Waals surface area contributed by atoms with Gasteiger partial charge < -0.3 is 25.0 Å². The molecule has 1 spiro atoms. The molecule has 5 heterocycles. The molecular formula is C47H56N8O7S. The number of anilines is 2. The van der Waals surface area contributed by atoms with Gasteiger partial charge in [0.2, 0.25) is 5.82 Å². The molecule has 2 aromatic carbocycles. The summed E-state index contributed by atoms with van der Waals surface area (Å²) in [5, 5.41) is 26.2. The van der Waals surface area contributed by atoms with E-state index in [0.717, 1.165) is 75.1 Å². The maximum Gasteiger partial charge on any atom is 0.312 e. The lowest BCUT2D eigenvalue weighted by Crippen LogP contribution is -2.54. The summed E-state index contributed by atoms with van der Waals surface area (Å²) in [5.41, 5.74) is 3.48. The third-order valence-corrected chi connectivity index (χ3v) is 15.5. The first-order chi connectivity index (χ1) is 30.3. The number of hydrogen-bond donors (Lipinski definition) is 4. The van der Waals surface area contributed by atoms with Crippen LogP contribution in [0.4, 0.5) is 17.2 Å². The molecule has 4 fully saturated rings. The van der Waals surface area contributed by atoms with Gasteiger partial charge in [0, 0.05) is 61.1 Å². The monoisotopic (exact) mass is 876 g/mol. The fourth-order valence-corrected chi connectivity index (χ4v) is 11.4. The van der Waals surface area contributed by atoms with Crippen molar-refractivity contribution in [2.45, 2.75) is 107 Å². The number of hydrogen-bond acceptors (Lipinski definition) is 12. The Morgan fingerprint density at radius 2 is 1.78 bits per heavy atom. The standard InChI is InChI=1S/C47H56N8O7S/c1-3-32-7-4-5-8-38(32)40-9-6-20-54(40)35-26-47(27-35)17-21-53(22-18-47)34-10-11-39(42(24-34)62-36-23-33-14-19-48-43(33)50-29-36)45(56)52-63(60,61)37-25-41(55(58)59)44(51-30-37)49-28-31-12-15-46(2,57)16-13-31/h4-5,7-8,10-11,14,19,23-25,29-31,35,40,57H,3,6,9,12-13,15-18,20-22,26-28H2,1-2H3,(H,48,50)(H,49,51)(H,52,56)/t31?,40-,46?/m0/s1. The van der Waals surface area contributed by atoms with Crippen LogP contribution >= 0.6 is 0 Å². The summed E-state index contributed by atoms with van der Waals surface area (Å²) in [5.74, 6) is -0.372. The summed E-state index contributed by atoms with van der Waals surface area (Å²) in [6.07, 6.45) is 15.0. The zero-order valence-electron chi connectivity index (χ0n) is 35.9. The number of amides is 1. The molecule has 0 radical (unpaired) electrons. The van der Waals surface area contributed by atoms with Crippen LogP contribution in [-0.4, -0.2) is 82.0 Å². The minimum atomic E-state index is -4.62. The Balaban J connectivity index is 0.896. The van der Waals surface area contributed by atoms with E-state index in [0.29, 0.717) is 48.3 Å². The number of sulfonamides is 1. The SMILES string of the molecule is CCc1ccccc1[C@@H]1CCCN1C1CC2(CCN(c3ccc(C(=O)NS(=O)(=O)c4cnc(NCC5CCC(C)(O)CC5)c([N+](=O)[O-])c4)c(Oc4cnc5[nH]ccc5c4)c3)CC2)C1. The van der Waals surface area contributed by atoms with Crippen LogP contribution in [0.2, 0.25) is 0 Å². The van der Waals surface area contributed by atoms with Gasteiger partial charge in [0.15, 0.2) is 0 Å². The van der Waals surface area contributed by atoms with Crippen molar-refractivity contribution in [1.29, 1.82) is 0 Å². The highest BCUT2D eigenvalue weighted by Gasteiger charge is 2.50. The Bertz CT molecular complexity index is 2610. The number of aromatic nitrogens is 3. The lowest BCUT2D eigenvalue weighted by Gasteiger charge is -2.56. The van der Waals surface area contributed by atoms with Gasteiger partial charge in [-0.25, -0.2) is 23.1 Å². The Hall–Kier alpha value is -5.58. The topological polar surface area (TPSA) is 196 Å². The van der Waals surface area contributed by atoms with Gasteiger partial charge in [-0.3, -0.25) is 19.8 Å². The number of benzene rings is 2. The summed E-state index contributed by atoms with van der Waals surface area (Å²) >= 11 is 0. The molecule has 0 bridgehead atoms. The number of pyridine rings is 2. The van der Waals surface area contributed by atoms with Crippen molar-refractivity contribution in [3.05, 3.63) is 106 Å². The number of H-pyrrole nitrogens is 1. The molecule has 5 aromatic rings. The molecule has 1 amide bonds. The first kappa shape index (κ1) is 42.7. The number of ether oxygens (including phenoxy) is 1. The molecule has 2 aliphatic heterocycles. The first-order valence-electron chi connectivity index (χ1n) is 22.3. The number of aryl methyl sites for hydroxylation is 1. The number of nitrogens with one attached hydrogen (secondary N) is 3. The van der Waals surface area contributed by atoms with Crippen LogP contribution in [0.5, 0.6) is 11.5 Å². The summed E-state index contributed by atoms with van der Waals surface area (Å²) in [7, 11) is -4.62. The van der Waals surface area contributed by atoms with Gasteiger partial charge in [0.1, 0.15) is 22.0 Å². The molecule has 16 heteroatoms. The molecule has 15 nitrogen and oxygen atoms in total. The minimum Gasteiger partial charge on any atom is -0.455 e. The van der Waals surface area contributed by atoms with E-state index in [1.807, 2.05) is 12.1 Å². The second kappa shape index (κ2) is 17.2. The maximum absolute atomic E-state index is 13.9. The normalized spacial score (nSPS) is 22.8. The highest BCUT2D eigenvalue weighted by molar-refractivity contribution is 7.90. The van der Waals surface area contributed by atoms with E-state index in [1.165, 1.54) is 43.0 Å². The van der Waals surface area contributed by atoms with E-state index in [1.54, 1.807) is 31.3 Å². The van der Waals surface area contributed by atoms with Crippen molar-refractivity contribution >= 4 is 44.2 Å². The fraction of sp³-hybridized carbons (Fsp3) is 0.468. The molecule has 63 heavy (non-hydrogen) atoms. The Kier molecular flexibility index (Phi) is 11.6. The number of carbonyl (C=O) groups is 1. The maximum atomic E-state index is 13.9. The summed E-state index contributed by atoms with van der Waals surface area (Å²) in [6, 6.07) is 19.7. The number of nitrogens with zero attached hydrogens (tertiary/aromatic N) is 5. The predicted octanol–water partition coefficient (Wildman–Crippen LogP) is 8.28. The van der Waals surface area contributed by atoms with Crippen LogP contribution in [0.1, 0.15) is 106 Å². The van der Waals surface area contributed by atoms with Gasteiger partial charge in [-0.15, -0.1) is 0 Å². The van der Waals surface area contributed by atoms with Gasteiger partial charge in [-0.2, -0.15) is 0 Å². The van der Waals surface area contributed by atoms with E-state index >= 15 is 0 Å². The third-order valence-electron chi connectivity index (χ3n) is 14.2. The molecule has 3 aromatic heterocycles. The van der Waals surface area contributed by atoms with Crippen LogP contribution in [0.3, 0.4) is 0 Å². The van der Waals surface area contributed by atoms with Crippen molar-refractivity contribution < 1.29 is 28.0 Å². The highest BCUT2D eigenvalue weighted by Crippen LogP contribution is 2.54. The first-order valence-corrected chi connectivity index (χ1v) is 23.8. The predicted molar refractivity (Wildman–Crippen MR) is 241 cm³/mol. The summed E-state index contributed by atoms with van der Waals surface area (Å²) in [6.45, 7) is 7.25. The number of aromatic amines is 1. The highest BCUT2D eigenvalue weighted by atomic mass is 32.2. The van der Waals surface area contributed by atoms with E-state index < -0.39 is 37.0 Å². The third kappa shape index (κ3) is 8.98. The number of nitro groups is 1. The van der Waals surface area contributed by atoms with E-state index in [-0.39, 0.29) is 23.0 Å². The van der Waals surface area contributed by atoms with Crippen molar-refractivity contribution in [2.75, 3.05) is 36.4 Å². The molecule has 4 N–H and O–H groups in total. The number of likely N-dealkylation sites (tertiary alicyclic amines) is 1. The van der Waals surface area contributed by atoms with E-state index in [9.17, 15) is 28.4 Å². The van der Waals surface area contributed by atoms with E-state index in [2.05, 4.69) is 66.0 Å². The molecule has 332 valence electrons. The number of rotatable bonds is 13. The Morgan fingerprint density at radius 1 is 1.00 bits per heavy atom. The molecule has 9 rings (SSSR count). The van der Waals surface area contributed by atoms with E-state index in [4.69, 9.17) is 4.74 Å². The lowest BCUT2D eigenvalue weighted by molar-refractivity contribution is -0.384. The molecule has 2 aliphatic carbocycles. The van der Waals surface area contributed by atoms with Crippen molar-refractivity contribution in [3.8, 4) is 11.5 Å². The Morgan fingerprint density at radius 3 is 2.54 bits per heavy atom. The second-order valence-electron chi connectivity index (χ2n) is 18.4. The number of piperidine rings is 1. The fourth-order valence-electron chi connectivity index (χ4n) is 10.5. The second-order valence-corrected chi connectivity index (χ2v) is 20.1. The minimum absolute atomic E-state index is 0.0381. The van der Waals surface area contributed by atoms with Crippen LogP contribution in [0.15, 0.2) is 84.1 Å². The van der Waals surface area contributed by atoms with Gasteiger partial charge in [0.25, 0.3) is 15.9 Å². The van der Waals surface area contributed by atoms with Crippen molar-refractivity contribution in [3.63, 3.8) is 0 Å². The molecule has 4 aliphatic rings.